The van der Waals surface area contributed by atoms with Crippen molar-refractivity contribution < 1.29 is 9.53 Å². The second-order valence-electron chi connectivity index (χ2n) is 6.86. The first-order valence-electron chi connectivity index (χ1n) is 9.42. The van der Waals surface area contributed by atoms with Crippen LogP contribution in [0.1, 0.15) is 34.2 Å². The molecule has 28 heavy (non-hydrogen) atoms. The number of amides is 1. The monoisotopic (exact) mass is 396 g/mol. The zero-order valence-electron chi connectivity index (χ0n) is 16.4. The van der Waals surface area contributed by atoms with Crippen LogP contribution in [0.15, 0.2) is 35.9 Å². The van der Waals surface area contributed by atoms with E-state index in [1.165, 1.54) is 0 Å². The van der Waals surface area contributed by atoms with Crippen LogP contribution < -0.4 is 5.32 Å². The Bertz CT molecular complexity index is 1040. The Morgan fingerprint density at radius 2 is 2.07 bits per heavy atom. The Labute approximate surface area is 168 Å². The van der Waals surface area contributed by atoms with Gasteiger partial charge in [0.15, 0.2) is 4.96 Å². The number of ether oxygens (including phenoxy) is 1. The maximum atomic E-state index is 12.9. The number of thiazole rings is 1. The average molecular weight is 397 g/mol. The molecule has 0 atom stereocenters. The molecule has 0 saturated carbocycles. The number of aromatic nitrogens is 2. The number of aryl methyl sites for hydroxylation is 2. The average Bonchev–Trinajstić information content (AvgIpc) is 3.28. The van der Waals surface area contributed by atoms with E-state index in [-0.39, 0.29) is 5.91 Å². The molecular formula is C21H24N4O2S. The number of imidazole rings is 1. The maximum Gasteiger partial charge on any atom is 0.254 e. The predicted octanol–water partition coefficient (Wildman–Crippen LogP) is 3.96. The molecule has 1 saturated heterocycles. The number of benzene rings is 1. The molecule has 1 aliphatic heterocycles. The lowest BCUT2D eigenvalue weighted by atomic mass is 10.1. The molecule has 3 aromatic rings. The topological polar surface area (TPSA) is 58.9 Å². The molecular weight excluding hydrogens is 372 g/mol. The van der Waals surface area contributed by atoms with Crippen LogP contribution in [0.2, 0.25) is 0 Å². The zero-order valence-corrected chi connectivity index (χ0v) is 17.2. The van der Waals surface area contributed by atoms with Crippen molar-refractivity contribution in [2.75, 3.05) is 31.6 Å². The van der Waals surface area contributed by atoms with Crippen LogP contribution >= 0.6 is 11.3 Å². The van der Waals surface area contributed by atoms with Gasteiger partial charge in [-0.3, -0.25) is 9.20 Å². The zero-order chi connectivity index (χ0) is 19.7. The summed E-state index contributed by atoms with van der Waals surface area (Å²) in [5, 5.41) is 5.56. The fourth-order valence-corrected chi connectivity index (χ4v) is 4.23. The molecule has 1 aliphatic rings. The summed E-state index contributed by atoms with van der Waals surface area (Å²) >= 11 is 1.62. The fraction of sp³-hybridized carbons (Fsp3) is 0.333. The lowest BCUT2D eigenvalue weighted by molar-refractivity contribution is 0.0303. The minimum Gasteiger partial charge on any atom is -0.378 e. The number of nitrogens with zero attached hydrogens (tertiary/aromatic N) is 3. The summed E-state index contributed by atoms with van der Waals surface area (Å²) in [6.07, 6.45) is 4.08. The van der Waals surface area contributed by atoms with Crippen LogP contribution in [0.5, 0.6) is 0 Å². The second kappa shape index (κ2) is 7.77. The third kappa shape index (κ3) is 3.43. The number of morpholine rings is 1. The molecule has 0 bridgehead atoms. The number of rotatable bonds is 4. The molecule has 4 rings (SSSR count). The van der Waals surface area contributed by atoms with Crippen molar-refractivity contribution >= 4 is 33.6 Å². The lowest BCUT2D eigenvalue weighted by Gasteiger charge is -2.27. The van der Waals surface area contributed by atoms with Crippen molar-refractivity contribution in [3.8, 4) is 0 Å². The molecule has 1 amide bonds. The van der Waals surface area contributed by atoms with E-state index in [0.29, 0.717) is 31.9 Å². The molecule has 1 N–H and O–H groups in total. The van der Waals surface area contributed by atoms with Crippen LogP contribution in [-0.4, -0.2) is 46.5 Å². The largest absolute Gasteiger partial charge is 0.378 e. The van der Waals surface area contributed by atoms with Crippen LogP contribution in [0.3, 0.4) is 0 Å². The van der Waals surface area contributed by atoms with Crippen molar-refractivity contribution in [2.45, 2.75) is 20.8 Å². The summed E-state index contributed by atoms with van der Waals surface area (Å²) in [6, 6.07) is 5.83. The number of carbonyl (C=O) groups is 1. The van der Waals surface area contributed by atoms with E-state index in [2.05, 4.69) is 14.7 Å². The fourth-order valence-electron chi connectivity index (χ4n) is 3.47. The molecule has 0 spiro atoms. The molecule has 0 radical (unpaired) electrons. The summed E-state index contributed by atoms with van der Waals surface area (Å²) in [5.41, 5.74) is 5.70. The first-order valence-corrected chi connectivity index (χ1v) is 10.3. The van der Waals surface area contributed by atoms with Gasteiger partial charge in [-0.05, 0) is 38.5 Å². The first-order chi connectivity index (χ1) is 13.6. The summed E-state index contributed by atoms with van der Waals surface area (Å²) in [4.78, 5) is 20.3. The van der Waals surface area contributed by atoms with E-state index in [9.17, 15) is 4.79 Å². The van der Waals surface area contributed by atoms with Crippen LogP contribution in [0.25, 0.3) is 10.7 Å². The highest BCUT2D eigenvalue weighted by Crippen LogP contribution is 2.27. The van der Waals surface area contributed by atoms with Gasteiger partial charge in [-0.2, -0.15) is 0 Å². The number of allylic oxidation sites excluding steroid dienone is 1. The molecule has 2 aromatic heterocycles. The number of anilines is 1. The molecule has 6 nitrogen and oxygen atoms in total. The van der Waals surface area contributed by atoms with Crippen molar-refractivity contribution in [3.63, 3.8) is 0 Å². The molecule has 3 heterocycles. The second-order valence-corrected chi connectivity index (χ2v) is 7.74. The van der Waals surface area contributed by atoms with Crippen molar-refractivity contribution in [1.29, 1.82) is 0 Å². The summed E-state index contributed by atoms with van der Waals surface area (Å²) in [6.45, 7) is 8.55. The van der Waals surface area contributed by atoms with Gasteiger partial charge in [-0.15, -0.1) is 11.3 Å². The quantitative estimate of drug-likeness (QED) is 0.725. The SMILES string of the molecule is C/C=C(/Nc1cc(C(=O)N2CCOCC2)ccc1C)c1c(C)nc2sccn12. The highest BCUT2D eigenvalue weighted by molar-refractivity contribution is 7.15. The smallest absolute Gasteiger partial charge is 0.254 e. The molecule has 146 valence electrons. The Morgan fingerprint density at radius 3 is 2.82 bits per heavy atom. The molecule has 7 heteroatoms. The number of fused-ring (bicyclic) bond motifs is 1. The number of carbonyl (C=O) groups excluding carboxylic acids is 1. The van der Waals surface area contributed by atoms with Gasteiger partial charge < -0.3 is 15.0 Å². The van der Waals surface area contributed by atoms with Crippen LogP contribution in [0, 0.1) is 13.8 Å². The summed E-state index contributed by atoms with van der Waals surface area (Å²) in [7, 11) is 0. The number of hydrogen-bond donors (Lipinski definition) is 1. The number of hydrogen-bond acceptors (Lipinski definition) is 5. The first kappa shape index (κ1) is 18.7. The van der Waals surface area contributed by atoms with E-state index in [1.54, 1.807) is 11.3 Å². The number of nitrogens with one attached hydrogen (secondary N) is 1. The maximum absolute atomic E-state index is 12.9. The van der Waals surface area contributed by atoms with Crippen molar-refractivity contribution in [1.82, 2.24) is 14.3 Å². The Kier molecular flexibility index (Phi) is 5.19. The molecule has 1 aromatic carbocycles. The standard InChI is InChI=1S/C21H24N4O2S/c1-4-17(19-15(3)22-21-25(19)9-12-28-21)23-18-13-16(6-5-14(18)2)20(26)24-7-10-27-11-8-24/h4-6,9,12-13,23H,7-8,10-11H2,1-3H3/b17-4+. The van der Waals surface area contributed by atoms with Gasteiger partial charge in [0.05, 0.1) is 30.3 Å². The minimum atomic E-state index is 0.0501. The third-order valence-corrected chi connectivity index (χ3v) is 5.79. The van der Waals surface area contributed by atoms with Crippen molar-refractivity contribution in [3.05, 3.63) is 58.4 Å². The molecule has 1 fully saturated rings. The summed E-state index contributed by atoms with van der Waals surface area (Å²) in [5.74, 6) is 0.0501. The van der Waals surface area contributed by atoms with Crippen molar-refractivity contribution in [2.24, 2.45) is 0 Å². The van der Waals surface area contributed by atoms with Gasteiger partial charge >= 0.3 is 0 Å². The Morgan fingerprint density at radius 1 is 1.29 bits per heavy atom. The van der Waals surface area contributed by atoms with Gasteiger partial charge in [0.2, 0.25) is 0 Å². The van der Waals surface area contributed by atoms with E-state index in [0.717, 1.165) is 33.3 Å². The van der Waals surface area contributed by atoms with E-state index in [4.69, 9.17) is 4.74 Å². The van der Waals surface area contributed by atoms with Gasteiger partial charge in [0.1, 0.15) is 0 Å². The predicted molar refractivity (Wildman–Crippen MR) is 113 cm³/mol. The summed E-state index contributed by atoms with van der Waals surface area (Å²) < 4.78 is 7.45. The van der Waals surface area contributed by atoms with Crippen LogP contribution in [-0.2, 0) is 4.74 Å². The highest BCUT2D eigenvalue weighted by atomic mass is 32.1. The Hall–Kier alpha value is -2.64. The third-order valence-electron chi connectivity index (χ3n) is 5.03. The minimum absolute atomic E-state index is 0.0501. The lowest BCUT2D eigenvalue weighted by Crippen LogP contribution is -2.40. The molecule has 0 aliphatic carbocycles. The van der Waals surface area contributed by atoms with Gasteiger partial charge in [-0.1, -0.05) is 12.1 Å². The van der Waals surface area contributed by atoms with E-state index >= 15 is 0 Å². The normalized spacial score (nSPS) is 15.2. The molecule has 0 unspecified atom stereocenters. The van der Waals surface area contributed by atoms with Gasteiger partial charge in [0.25, 0.3) is 5.91 Å². The Balaban J connectivity index is 1.64. The van der Waals surface area contributed by atoms with E-state index in [1.807, 2.05) is 61.5 Å². The van der Waals surface area contributed by atoms with Gasteiger partial charge in [-0.25, -0.2) is 4.98 Å². The van der Waals surface area contributed by atoms with E-state index < -0.39 is 0 Å². The highest BCUT2D eigenvalue weighted by Gasteiger charge is 2.20. The van der Waals surface area contributed by atoms with Gasteiger partial charge in [0, 0.05) is 35.9 Å². The van der Waals surface area contributed by atoms with Crippen LogP contribution in [0.4, 0.5) is 5.69 Å².